The van der Waals surface area contributed by atoms with Gasteiger partial charge in [-0.3, -0.25) is 4.79 Å². The summed E-state index contributed by atoms with van der Waals surface area (Å²) in [5, 5.41) is 3.67. The SMILES string of the molecule is C[C@@H](NC(=O)[C@@H]1C[C@H]1c1cc2cc(F)ccc2[nH]1)c1ccc(OCC(F)(F)F)nc1. The van der Waals surface area contributed by atoms with E-state index in [9.17, 15) is 22.4 Å². The van der Waals surface area contributed by atoms with Crippen LogP contribution in [-0.2, 0) is 4.79 Å². The highest BCUT2D eigenvalue weighted by molar-refractivity contribution is 5.85. The fraction of sp³-hybridized carbons (Fsp3) is 0.333. The molecule has 3 aromatic rings. The lowest BCUT2D eigenvalue weighted by atomic mass is 10.1. The van der Waals surface area contributed by atoms with Crippen LogP contribution in [0, 0.1) is 11.7 Å². The van der Waals surface area contributed by atoms with Crippen LogP contribution >= 0.6 is 0 Å². The number of nitrogens with zero attached hydrogens (tertiary/aromatic N) is 1. The molecule has 5 nitrogen and oxygen atoms in total. The lowest BCUT2D eigenvalue weighted by Crippen LogP contribution is -2.28. The topological polar surface area (TPSA) is 67.0 Å². The number of hydrogen-bond acceptors (Lipinski definition) is 3. The second kappa shape index (κ2) is 7.62. The molecule has 1 fully saturated rings. The molecule has 0 unspecified atom stereocenters. The van der Waals surface area contributed by atoms with Crippen LogP contribution in [0.1, 0.15) is 36.6 Å². The highest BCUT2D eigenvalue weighted by Crippen LogP contribution is 2.48. The number of aromatic nitrogens is 2. The van der Waals surface area contributed by atoms with Gasteiger partial charge in [-0.15, -0.1) is 0 Å². The molecule has 9 heteroatoms. The Balaban J connectivity index is 1.33. The van der Waals surface area contributed by atoms with Gasteiger partial charge in [0, 0.05) is 40.7 Å². The van der Waals surface area contributed by atoms with E-state index in [1.54, 1.807) is 19.1 Å². The number of ether oxygens (including phenoxy) is 1. The first kappa shape index (κ1) is 20.2. The Kier molecular flexibility index (Phi) is 5.13. The first-order valence-corrected chi connectivity index (χ1v) is 9.43. The van der Waals surface area contributed by atoms with E-state index < -0.39 is 12.8 Å². The highest BCUT2D eigenvalue weighted by Gasteiger charge is 2.45. The van der Waals surface area contributed by atoms with Gasteiger partial charge >= 0.3 is 6.18 Å². The van der Waals surface area contributed by atoms with Crippen molar-refractivity contribution < 1.29 is 27.1 Å². The summed E-state index contributed by atoms with van der Waals surface area (Å²) in [6.45, 7) is 0.364. The third-order valence-corrected chi connectivity index (χ3v) is 5.13. The van der Waals surface area contributed by atoms with Crippen molar-refractivity contribution in [2.45, 2.75) is 31.5 Å². The van der Waals surface area contributed by atoms with Crippen molar-refractivity contribution in [2.75, 3.05) is 6.61 Å². The Morgan fingerprint density at radius 1 is 1.30 bits per heavy atom. The molecule has 3 atom stereocenters. The third kappa shape index (κ3) is 4.55. The number of benzene rings is 1. The zero-order valence-corrected chi connectivity index (χ0v) is 16.0. The Morgan fingerprint density at radius 3 is 2.80 bits per heavy atom. The summed E-state index contributed by atoms with van der Waals surface area (Å²) >= 11 is 0. The van der Waals surface area contributed by atoms with Crippen LogP contribution in [-0.4, -0.2) is 28.7 Å². The normalized spacial score (nSPS) is 19.5. The molecule has 1 amide bonds. The fourth-order valence-corrected chi connectivity index (χ4v) is 3.45. The van der Waals surface area contributed by atoms with E-state index in [1.807, 2.05) is 6.07 Å². The van der Waals surface area contributed by atoms with Crippen LogP contribution in [0.3, 0.4) is 0 Å². The minimum absolute atomic E-state index is 0.0453. The molecule has 1 aliphatic carbocycles. The predicted molar refractivity (Wildman–Crippen MR) is 101 cm³/mol. The van der Waals surface area contributed by atoms with Gasteiger partial charge in [0.15, 0.2) is 6.61 Å². The molecule has 158 valence electrons. The average Bonchev–Trinajstić information content (AvgIpc) is 3.39. The van der Waals surface area contributed by atoms with Crippen molar-refractivity contribution in [3.8, 4) is 5.88 Å². The van der Waals surface area contributed by atoms with Gasteiger partial charge in [0.05, 0.1) is 6.04 Å². The minimum atomic E-state index is -4.43. The number of H-pyrrole nitrogens is 1. The van der Waals surface area contributed by atoms with Crippen LogP contribution in [0.2, 0.25) is 0 Å². The van der Waals surface area contributed by atoms with E-state index in [0.29, 0.717) is 12.0 Å². The van der Waals surface area contributed by atoms with E-state index in [4.69, 9.17) is 0 Å². The van der Waals surface area contributed by atoms with Gasteiger partial charge in [0.1, 0.15) is 5.82 Å². The summed E-state index contributed by atoms with van der Waals surface area (Å²) in [6, 6.07) is 8.91. The number of carbonyl (C=O) groups excluding carboxylic acids is 1. The molecule has 1 aliphatic rings. The van der Waals surface area contributed by atoms with Gasteiger partial charge in [-0.05, 0) is 43.2 Å². The lowest BCUT2D eigenvalue weighted by molar-refractivity contribution is -0.154. The Labute approximate surface area is 169 Å². The zero-order chi connectivity index (χ0) is 21.5. The van der Waals surface area contributed by atoms with E-state index in [2.05, 4.69) is 20.0 Å². The summed E-state index contributed by atoms with van der Waals surface area (Å²) < 4.78 is 54.5. The summed E-state index contributed by atoms with van der Waals surface area (Å²) in [6.07, 6.45) is -2.36. The second-order valence-electron chi connectivity index (χ2n) is 7.47. The number of aromatic amines is 1. The quantitative estimate of drug-likeness (QED) is 0.571. The first-order valence-electron chi connectivity index (χ1n) is 9.43. The molecule has 1 aromatic carbocycles. The molecular formula is C21H19F4N3O2. The maximum absolute atomic E-state index is 13.4. The van der Waals surface area contributed by atoms with Crippen molar-refractivity contribution in [3.05, 3.63) is 59.7 Å². The molecule has 2 N–H and O–H groups in total. The van der Waals surface area contributed by atoms with E-state index in [0.717, 1.165) is 16.6 Å². The smallest absolute Gasteiger partial charge is 0.422 e. The minimum Gasteiger partial charge on any atom is -0.468 e. The van der Waals surface area contributed by atoms with E-state index in [1.165, 1.54) is 24.4 Å². The van der Waals surface area contributed by atoms with Crippen LogP contribution < -0.4 is 10.1 Å². The van der Waals surface area contributed by atoms with Crippen LogP contribution in [0.4, 0.5) is 17.6 Å². The van der Waals surface area contributed by atoms with Gasteiger partial charge in [-0.2, -0.15) is 13.2 Å². The number of nitrogens with one attached hydrogen (secondary N) is 2. The van der Waals surface area contributed by atoms with Crippen LogP contribution in [0.5, 0.6) is 5.88 Å². The number of halogens is 4. The molecule has 30 heavy (non-hydrogen) atoms. The first-order chi connectivity index (χ1) is 14.2. The Hall–Kier alpha value is -3.10. The molecule has 0 bridgehead atoms. The van der Waals surface area contributed by atoms with Crippen molar-refractivity contribution in [3.63, 3.8) is 0 Å². The maximum atomic E-state index is 13.4. The summed E-state index contributed by atoms with van der Waals surface area (Å²) in [4.78, 5) is 19.7. The number of amides is 1. The van der Waals surface area contributed by atoms with Crippen LogP contribution in [0.25, 0.3) is 10.9 Å². The van der Waals surface area contributed by atoms with E-state index >= 15 is 0 Å². The van der Waals surface area contributed by atoms with Gasteiger partial charge in [-0.1, -0.05) is 6.07 Å². The number of pyridine rings is 1. The summed E-state index contributed by atoms with van der Waals surface area (Å²) in [5.41, 5.74) is 2.38. The second-order valence-corrected chi connectivity index (χ2v) is 7.47. The van der Waals surface area contributed by atoms with E-state index in [-0.39, 0.29) is 35.5 Å². The zero-order valence-electron chi connectivity index (χ0n) is 16.0. The monoisotopic (exact) mass is 421 g/mol. The summed E-state index contributed by atoms with van der Waals surface area (Å²) in [5.74, 6) is -0.700. The molecular weight excluding hydrogens is 402 g/mol. The van der Waals surface area contributed by atoms with Crippen molar-refractivity contribution in [2.24, 2.45) is 5.92 Å². The van der Waals surface area contributed by atoms with Crippen molar-refractivity contribution in [1.29, 1.82) is 0 Å². The molecule has 0 saturated heterocycles. The number of carbonyl (C=O) groups is 1. The molecule has 0 aliphatic heterocycles. The van der Waals surface area contributed by atoms with Gasteiger partial charge in [-0.25, -0.2) is 9.37 Å². The number of rotatable bonds is 6. The average molecular weight is 421 g/mol. The Bertz CT molecular complexity index is 1060. The largest absolute Gasteiger partial charge is 0.468 e. The van der Waals surface area contributed by atoms with Crippen LogP contribution in [0.15, 0.2) is 42.6 Å². The lowest BCUT2D eigenvalue weighted by Gasteiger charge is -2.15. The molecule has 1 saturated carbocycles. The van der Waals surface area contributed by atoms with Crippen molar-refractivity contribution >= 4 is 16.8 Å². The number of hydrogen-bond donors (Lipinski definition) is 2. The maximum Gasteiger partial charge on any atom is 0.422 e. The Morgan fingerprint density at radius 2 is 2.10 bits per heavy atom. The van der Waals surface area contributed by atoms with Gasteiger partial charge in [0.25, 0.3) is 0 Å². The molecule has 2 heterocycles. The third-order valence-electron chi connectivity index (χ3n) is 5.13. The summed E-state index contributed by atoms with van der Waals surface area (Å²) in [7, 11) is 0. The van der Waals surface area contributed by atoms with Gasteiger partial charge in [0.2, 0.25) is 11.8 Å². The molecule has 0 radical (unpaired) electrons. The number of fused-ring (bicyclic) bond motifs is 1. The predicted octanol–water partition coefficient (Wildman–Crippen LogP) is 4.62. The fourth-order valence-electron chi connectivity index (χ4n) is 3.45. The number of alkyl halides is 3. The standard InChI is InChI=1S/C21H19F4N3O2/c1-11(12-2-5-19(26-9-12)30-10-21(23,24)25)27-20(29)16-8-15(16)18-7-13-6-14(22)3-4-17(13)28-18/h2-7,9,11,15-16,28H,8,10H2,1H3,(H,27,29)/t11-,15-,16-/m1/s1. The molecule has 4 rings (SSSR count). The van der Waals surface area contributed by atoms with Gasteiger partial charge < -0.3 is 15.0 Å². The highest BCUT2D eigenvalue weighted by atomic mass is 19.4. The van der Waals surface area contributed by atoms with Crippen molar-refractivity contribution in [1.82, 2.24) is 15.3 Å². The molecule has 0 spiro atoms. The molecule has 2 aromatic heterocycles.